The normalized spacial score (nSPS) is 10.1. The van der Waals surface area contributed by atoms with E-state index in [2.05, 4.69) is 15.3 Å². The van der Waals surface area contributed by atoms with Gasteiger partial charge in [-0.2, -0.15) is 0 Å². The van der Waals surface area contributed by atoms with Crippen molar-refractivity contribution in [3.8, 4) is 0 Å². The van der Waals surface area contributed by atoms with Gasteiger partial charge in [-0.15, -0.1) is 0 Å². The standard InChI is InChI=1S/C11H7ClFN3O2/c12-6-1-2-8(7(13)3-6)16-10-5-14-9(4-15-10)11(17)18/h1-5H,(H,15,16)(H,17,18). The molecule has 5 nitrogen and oxygen atoms in total. The second-order valence-electron chi connectivity index (χ2n) is 3.34. The molecule has 0 saturated carbocycles. The van der Waals surface area contributed by atoms with Gasteiger partial charge in [-0.25, -0.2) is 19.2 Å². The number of carboxylic acids is 1. The highest BCUT2D eigenvalue weighted by Crippen LogP contribution is 2.21. The van der Waals surface area contributed by atoms with Gasteiger partial charge in [-0.05, 0) is 18.2 Å². The Morgan fingerprint density at radius 3 is 2.67 bits per heavy atom. The number of hydrogen-bond acceptors (Lipinski definition) is 4. The smallest absolute Gasteiger partial charge is 0.356 e. The van der Waals surface area contributed by atoms with Crippen LogP contribution in [0.4, 0.5) is 15.9 Å². The molecule has 0 radical (unpaired) electrons. The molecule has 2 rings (SSSR count). The summed E-state index contributed by atoms with van der Waals surface area (Å²) >= 11 is 5.61. The fourth-order valence-electron chi connectivity index (χ4n) is 1.23. The van der Waals surface area contributed by atoms with Crippen molar-refractivity contribution < 1.29 is 14.3 Å². The molecule has 1 aromatic heterocycles. The summed E-state index contributed by atoms with van der Waals surface area (Å²) < 4.78 is 13.5. The zero-order valence-corrected chi connectivity index (χ0v) is 9.65. The molecule has 0 bridgehead atoms. The molecule has 0 unspecified atom stereocenters. The molecule has 0 aliphatic carbocycles. The molecule has 0 saturated heterocycles. The molecule has 0 amide bonds. The van der Waals surface area contributed by atoms with E-state index in [0.717, 1.165) is 12.3 Å². The van der Waals surface area contributed by atoms with Gasteiger partial charge in [-0.3, -0.25) is 0 Å². The molecular formula is C11H7ClFN3O2. The van der Waals surface area contributed by atoms with Crippen molar-refractivity contribution in [2.24, 2.45) is 0 Å². The van der Waals surface area contributed by atoms with Crippen molar-refractivity contribution in [3.63, 3.8) is 0 Å². The highest BCUT2D eigenvalue weighted by Gasteiger charge is 2.07. The summed E-state index contributed by atoms with van der Waals surface area (Å²) in [4.78, 5) is 18.0. The van der Waals surface area contributed by atoms with Crippen LogP contribution in [0.1, 0.15) is 10.5 Å². The number of benzene rings is 1. The maximum absolute atomic E-state index is 13.5. The van der Waals surface area contributed by atoms with Crippen molar-refractivity contribution in [1.82, 2.24) is 9.97 Å². The molecule has 7 heteroatoms. The van der Waals surface area contributed by atoms with Gasteiger partial charge in [0.15, 0.2) is 5.69 Å². The summed E-state index contributed by atoms with van der Waals surface area (Å²) in [6.07, 6.45) is 2.29. The summed E-state index contributed by atoms with van der Waals surface area (Å²) in [7, 11) is 0. The van der Waals surface area contributed by atoms with Crippen LogP contribution in [0.3, 0.4) is 0 Å². The lowest BCUT2D eigenvalue weighted by atomic mass is 10.3. The maximum atomic E-state index is 13.5. The molecule has 92 valence electrons. The Balaban J connectivity index is 2.21. The molecule has 1 aromatic carbocycles. The summed E-state index contributed by atoms with van der Waals surface area (Å²) in [5, 5.41) is 11.6. The predicted octanol–water partition coefficient (Wildman–Crippen LogP) is 2.71. The Labute approximate surface area is 106 Å². The zero-order valence-electron chi connectivity index (χ0n) is 8.89. The largest absolute Gasteiger partial charge is 0.476 e. The Morgan fingerprint density at radius 2 is 2.11 bits per heavy atom. The summed E-state index contributed by atoms with van der Waals surface area (Å²) in [6.45, 7) is 0. The third-order valence-electron chi connectivity index (χ3n) is 2.06. The van der Waals surface area contributed by atoms with Crippen LogP contribution >= 0.6 is 11.6 Å². The number of anilines is 2. The van der Waals surface area contributed by atoms with E-state index >= 15 is 0 Å². The average molecular weight is 268 g/mol. The molecule has 18 heavy (non-hydrogen) atoms. The second-order valence-corrected chi connectivity index (χ2v) is 3.78. The Bertz CT molecular complexity index is 589. The molecule has 0 aliphatic heterocycles. The van der Waals surface area contributed by atoms with Crippen LogP contribution in [-0.2, 0) is 0 Å². The average Bonchev–Trinajstić information content (AvgIpc) is 2.33. The minimum Gasteiger partial charge on any atom is -0.476 e. The quantitative estimate of drug-likeness (QED) is 0.894. The van der Waals surface area contributed by atoms with E-state index in [4.69, 9.17) is 16.7 Å². The van der Waals surface area contributed by atoms with E-state index in [-0.39, 0.29) is 22.2 Å². The van der Waals surface area contributed by atoms with Gasteiger partial charge in [0, 0.05) is 5.02 Å². The first-order valence-electron chi connectivity index (χ1n) is 4.83. The van der Waals surface area contributed by atoms with Gasteiger partial charge >= 0.3 is 5.97 Å². The minimum absolute atomic E-state index is 0.178. The number of rotatable bonds is 3. The van der Waals surface area contributed by atoms with E-state index in [9.17, 15) is 9.18 Å². The van der Waals surface area contributed by atoms with Gasteiger partial charge in [-0.1, -0.05) is 11.6 Å². The Kier molecular flexibility index (Phi) is 3.38. The first-order valence-corrected chi connectivity index (χ1v) is 5.21. The summed E-state index contributed by atoms with van der Waals surface area (Å²) in [6, 6.07) is 4.12. The van der Waals surface area contributed by atoms with E-state index in [1.54, 1.807) is 0 Å². The van der Waals surface area contributed by atoms with Crippen molar-refractivity contribution in [2.45, 2.75) is 0 Å². The minimum atomic E-state index is -1.17. The van der Waals surface area contributed by atoms with E-state index < -0.39 is 11.8 Å². The van der Waals surface area contributed by atoms with Crippen molar-refractivity contribution in [2.75, 3.05) is 5.32 Å². The van der Waals surface area contributed by atoms with Gasteiger partial charge < -0.3 is 10.4 Å². The lowest BCUT2D eigenvalue weighted by Crippen LogP contribution is -2.03. The fraction of sp³-hybridized carbons (Fsp3) is 0. The number of nitrogens with zero attached hydrogens (tertiary/aromatic N) is 2. The van der Waals surface area contributed by atoms with Gasteiger partial charge in [0.25, 0.3) is 0 Å². The van der Waals surface area contributed by atoms with Crippen LogP contribution in [0.15, 0.2) is 30.6 Å². The zero-order chi connectivity index (χ0) is 13.1. The number of carboxylic acid groups (broad SMARTS) is 1. The summed E-state index contributed by atoms with van der Waals surface area (Å²) in [5.74, 6) is -1.47. The molecule has 2 aromatic rings. The molecular weight excluding hydrogens is 261 g/mol. The molecule has 2 N–H and O–H groups in total. The second kappa shape index (κ2) is 4.97. The SMILES string of the molecule is O=C(O)c1cnc(Nc2ccc(Cl)cc2F)cn1. The first-order chi connectivity index (χ1) is 8.56. The van der Waals surface area contributed by atoms with Gasteiger partial charge in [0.2, 0.25) is 0 Å². The third-order valence-corrected chi connectivity index (χ3v) is 2.30. The van der Waals surface area contributed by atoms with Crippen LogP contribution in [0, 0.1) is 5.82 Å². The number of halogens is 2. The maximum Gasteiger partial charge on any atom is 0.356 e. The molecule has 1 heterocycles. The lowest BCUT2D eigenvalue weighted by molar-refractivity contribution is 0.0690. The fourth-order valence-corrected chi connectivity index (χ4v) is 1.39. The Morgan fingerprint density at radius 1 is 1.33 bits per heavy atom. The van der Waals surface area contributed by atoms with Crippen molar-refractivity contribution in [3.05, 3.63) is 47.1 Å². The van der Waals surface area contributed by atoms with Crippen LogP contribution in [-0.4, -0.2) is 21.0 Å². The van der Waals surface area contributed by atoms with Crippen LogP contribution < -0.4 is 5.32 Å². The van der Waals surface area contributed by atoms with Crippen LogP contribution in [0.25, 0.3) is 0 Å². The highest BCUT2D eigenvalue weighted by atomic mass is 35.5. The van der Waals surface area contributed by atoms with Crippen LogP contribution in [0.2, 0.25) is 5.02 Å². The molecule has 0 atom stereocenters. The number of nitrogens with one attached hydrogen (secondary N) is 1. The van der Waals surface area contributed by atoms with Gasteiger partial charge in [0.05, 0.1) is 18.1 Å². The number of carbonyl (C=O) groups is 1. The van der Waals surface area contributed by atoms with Crippen molar-refractivity contribution >= 4 is 29.1 Å². The third kappa shape index (κ3) is 2.72. The predicted molar refractivity (Wildman–Crippen MR) is 63.7 cm³/mol. The van der Waals surface area contributed by atoms with Crippen molar-refractivity contribution in [1.29, 1.82) is 0 Å². The molecule has 0 spiro atoms. The highest BCUT2D eigenvalue weighted by molar-refractivity contribution is 6.30. The van der Waals surface area contributed by atoms with Gasteiger partial charge in [0.1, 0.15) is 11.6 Å². The molecule has 0 fully saturated rings. The van der Waals surface area contributed by atoms with E-state index in [0.29, 0.717) is 0 Å². The van der Waals surface area contributed by atoms with Crippen LogP contribution in [0.5, 0.6) is 0 Å². The number of aromatic carboxylic acids is 1. The number of aromatic nitrogens is 2. The molecule has 0 aliphatic rings. The number of hydrogen-bond donors (Lipinski definition) is 2. The topological polar surface area (TPSA) is 75.1 Å². The summed E-state index contributed by atoms with van der Waals surface area (Å²) in [5.41, 5.74) is -0.00565. The Hall–Kier alpha value is -2.21. The first kappa shape index (κ1) is 12.3. The monoisotopic (exact) mass is 267 g/mol. The van der Waals surface area contributed by atoms with E-state index in [1.807, 2.05) is 0 Å². The van der Waals surface area contributed by atoms with E-state index in [1.165, 1.54) is 18.3 Å². The lowest BCUT2D eigenvalue weighted by Gasteiger charge is -2.06.